The van der Waals surface area contributed by atoms with Crippen LogP contribution in [-0.4, -0.2) is 48.9 Å². The average molecular weight is 374 g/mol. The van der Waals surface area contributed by atoms with Crippen molar-refractivity contribution in [3.63, 3.8) is 0 Å². The third-order valence-electron chi connectivity index (χ3n) is 4.96. The third kappa shape index (κ3) is 4.10. The van der Waals surface area contributed by atoms with E-state index in [1.54, 1.807) is 24.3 Å². The molecule has 8 heteroatoms. The van der Waals surface area contributed by atoms with Gasteiger partial charge < -0.3 is 14.8 Å². The molecule has 1 N–H and O–H groups in total. The van der Waals surface area contributed by atoms with Gasteiger partial charge in [-0.25, -0.2) is 0 Å². The maximum atomic E-state index is 12.3. The number of nitrogens with zero attached hydrogens (tertiary/aromatic N) is 1. The number of rotatable bonds is 6. The topological polar surface area (TPSA) is 102 Å². The number of esters is 1. The van der Waals surface area contributed by atoms with Crippen molar-refractivity contribution in [3.8, 4) is 5.75 Å². The van der Waals surface area contributed by atoms with Crippen molar-refractivity contribution in [3.05, 3.63) is 24.3 Å². The lowest BCUT2D eigenvalue weighted by Gasteiger charge is -2.19. The summed E-state index contributed by atoms with van der Waals surface area (Å²) < 4.78 is 10.0. The summed E-state index contributed by atoms with van der Waals surface area (Å²) in [7, 11) is 1.48. The van der Waals surface area contributed by atoms with E-state index < -0.39 is 25.0 Å². The number of ether oxygens (including phenoxy) is 2. The number of nitrogens with one attached hydrogen (secondary N) is 1. The Labute approximate surface area is 156 Å². The molecule has 8 nitrogen and oxygen atoms in total. The third-order valence-corrected chi connectivity index (χ3v) is 4.96. The van der Waals surface area contributed by atoms with Crippen LogP contribution in [0, 0.1) is 11.8 Å². The van der Waals surface area contributed by atoms with E-state index >= 15 is 0 Å². The highest BCUT2D eigenvalue weighted by Crippen LogP contribution is 2.37. The van der Waals surface area contributed by atoms with Gasteiger partial charge in [0, 0.05) is 0 Å². The number of hydrogen-bond acceptors (Lipinski definition) is 6. The van der Waals surface area contributed by atoms with E-state index in [-0.39, 0.29) is 23.7 Å². The van der Waals surface area contributed by atoms with Crippen molar-refractivity contribution in [2.75, 3.05) is 25.6 Å². The zero-order valence-corrected chi connectivity index (χ0v) is 15.1. The largest absolute Gasteiger partial charge is 0.495 e. The lowest BCUT2D eigenvalue weighted by Crippen LogP contribution is -2.37. The van der Waals surface area contributed by atoms with E-state index in [0.29, 0.717) is 24.3 Å². The van der Waals surface area contributed by atoms with Crippen molar-refractivity contribution in [1.29, 1.82) is 0 Å². The Balaban J connectivity index is 1.50. The van der Waals surface area contributed by atoms with Gasteiger partial charge in [-0.15, -0.1) is 0 Å². The van der Waals surface area contributed by atoms with Gasteiger partial charge in [0.2, 0.25) is 11.8 Å². The Hall–Kier alpha value is -2.90. The molecule has 1 aliphatic carbocycles. The number of carbonyl (C=O) groups excluding carboxylic acids is 4. The van der Waals surface area contributed by atoms with Gasteiger partial charge in [-0.2, -0.15) is 0 Å². The van der Waals surface area contributed by atoms with E-state index in [1.807, 2.05) is 0 Å². The second-order valence-electron chi connectivity index (χ2n) is 6.67. The van der Waals surface area contributed by atoms with Gasteiger partial charge >= 0.3 is 5.97 Å². The molecular weight excluding hydrogens is 352 g/mol. The van der Waals surface area contributed by atoms with E-state index in [4.69, 9.17) is 9.47 Å². The first-order valence-corrected chi connectivity index (χ1v) is 8.95. The SMILES string of the molecule is COc1ccccc1NC(=O)COC(=O)CN1C(=O)[C@H]2CCCC[C@H]2C1=O. The number of likely N-dealkylation sites (tertiary alicyclic amines) is 1. The maximum Gasteiger partial charge on any atom is 0.326 e. The first-order chi connectivity index (χ1) is 13.0. The molecule has 1 saturated carbocycles. The molecule has 2 fully saturated rings. The van der Waals surface area contributed by atoms with Crippen LogP contribution in [0.25, 0.3) is 0 Å². The molecule has 3 amide bonds. The summed E-state index contributed by atoms with van der Waals surface area (Å²) in [5.74, 6) is -2.08. The molecule has 0 bridgehead atoms. The fourth-order valence-corrected chi connectivity index (χ4v) is 3.64. The molecule has 3 rings (SSSR count). The molecule has 0 radical (unpaired) electrons. The summed E-state index contributed by atoms with van der Waals surface area (Å²) >= 11 is 0. The fourth-order valence-electron chi connectivity index (χ4n) is 3.64. The summed E-state index contributed by atoms with van der Waals surface area (Å²) in [6.45, 7) is -0.966. The van der Waals surface area contributed by atoms with E-state index in [0.717, 1.165) is 17.7 Å². The summed E-state index contributed by atoms with van der Waals surface area (Å²) in [5.41, 5.74) is 0.454. The van der Waals surface area contributed by atoms with Crippen LogP contribution < -0.4 is 10.1 Å². The second-order valence-corrected chi connectivity index (χ2v) is 6.67. The van der Waals surface area contributed by atoms with Crippen molar-refractivity contribution >= 4 is 29.4 Å². The number of amides is 3. The Morgan fingerprint density at radius 3 is 2.37 bits per heavy atom. The Kier molecular flexibility index (Phi) is 5.73. The van der Waals surface area contributed by atoms with Crippen LogP contribution >= 0.6 is 0 Å². The quantitative estimate of drug-likeness (QED) is 0.596. The Morgan fingerprint density at radius 2 is 1.74 bits per heavy atom. The van der Waals surface area contributed by atoms with Gasteiger partial charge in [0.05, 0.1) is 24.6 Å². The smallest absolute Gasteiger partial charge is 0.326 e. The first-order valence-electron chi connectivity index (χ1n) is 8.95. The first kappa shape index (κ1) is 18.9. The van der Waals surface area contributed by atoms with Crippen LogP contribution in [0.5, 0.6) is 5.75 Å². The number of anilines is 1. The standard InChI is InChI=1S/C19H22N2O6/c1-26-15-9-5-4-8-14(15)20-16(22)11-27-17(23)10-21-18(24)12-6-2-3-7-13(12)19(21)25/h4-5,8-9,12-13H,2-3,6-7,10-11H2,1H3,(H,20,22)/t12-,13+. The number of carbonyl (C=O) groups is 4. The molecule has 1 aromatic carbocycles. The fraction of sp³-hybridized carbons (Fsp3) is 0.474. The predicted octanol–water partition coefficient (Wildman–Crippen LogP) is 1.35. The van der Waals surface area contributed by atoms with Crippen molar-refractivity contribution < 1.29 is 28.7 Å². The molecule has 0 unspecified atom stereocenters. The minimum atomic E-state index is -0.787. The van der Waals surface area contributed by atoms with E-state index in [2.05, 4.69) is 5.32 Å². The summed E-state index contributed by atoms with van der Waals surface area (Å²) in [6, 6.07) is 6.83. The number of methoxy groups -OCH3 is 1. The summed E-state index contributed by atoms with van der Waals surface area (Å²) in [5, 5.41) is 2.58. The number of para-hydroxylation sites is 2. The van der Waals surface area contributed by atoms with E-state index in [9.17, 15) is 19.2 Å². The van der Waals surface area contributed by atoms with Crippen molar-refractivity contribution in [2.24, 2.45) is 11.8 Å². The van der Waals surface area contributed by atoms with Crippen LogP contribution in [0.15, 0.2) is 24.3 Å². The van der Waals surface area contributed by atoms with Gasteiger partial charge in [-0.05, 0) is 25.0 Å². The lowest BCUT2D eigenvalue weighted by molar-refractivity contribution is -0.154. The average Bonchev–Trinajstić information content (AvgIpc) is 2.92. The van der Waals surface area contributed by atoms with Crippen LogP contribution in [0.4, 0.5) is 5.69 Å². The van der Waals surface area contributed by atoms with Gasteiger partial charge in [0.15, 0.2) is 6.61 Å². The molecule has 2 atom stereocenters. The molecule has 1 heterocycles. The molecule has 1 aromatic rings. The van der Waals surface area contributed by atoms with Crippen LogP contribution in [0.3, 0.4) is 0 Å². The Bertz CT molecular complexity index is 738. The van der Waals surface area contributed by atoms with Crippen LogP contribution in [0.1, 0.15) is 25.7 Å². The lowest BCUT2D eigenvalue weighted by atomic mass is 9.81. The summed E-state index contributed by atoms with van der Waals surface area (Å²) in [4.78, 5) is 49.6. The highest BCUT2D eigenvalue weighted by atomic mass is 16.5. The molecule has 27 heavy (non-hydrogen) atoms. The van der Waals surface area contributed by atoms with Gasteiger partial charge in [0.1, 0.15) is 12.3 Å². The van der Waals surface area contributed by atoms with Gasteiger partial charge in [-0.3, -0.25) is 24.1 Å². The molecule has 1 aliphatic heterocycles. The molecule has 0 aromatic heterocycles. The van der Waals surface area contributed by atoms with Gasteiger partial charge in [0.25, 0.3) is 5.91 Å². The molecule has 1 saturated heterocycles. The Morgan fingerprint density at radius 1 is 1.11 bits per heavy atom. The molecule has 2 aliphatic rings. The summed E-state index contributed by atoms with van der Waals surface area (Å²) in [6.07, 6.45) is 3.20. The number of hydrogen-bond donors (Lipinski definition) is 1. The van der Waals surface area contributed by atoms with E-state index in [1.165, 1.54) is 7.11 Å². The normalized spacial score (nSPS) is 21.6. The van der Waals surface area contributed by atoms with Crippen molar-refractivity contribution in [2.45, 2.75) is 25.7 Å². The number of fused-ring (bicyclic) bond motifs is 1. The maximum absolute atomic E-state index is 12.3. The predicted molar refractivity (Wildman–Crippen MR) is 94.8 cm³/mol. The minimum Gasteiger partial charge on any atom is -0.495 e. The highest BCUT2D eigenvalue weighted by Gasteiger charge is 2.48. The minimum absolute atomic E-state index is 0.305. The molecule has 0 spiro atoms. The number of imide groups is 1. The monoisotopic (exact) mass is 374 g/mol. The highest BCUT2D eigenvalue weighted by molar-refractivity contribution is 6.07. The van der Waals surface area contributed by atoms with Crippen molar-refractivity contribution in [1.82, 2.24) is 4.90 Å². The molecule has 144 valence electrons. The van der Waals surface area contributed by atoms with Crippen LogP contribution in [-0.2, 0) is 23.9 Å². The second kappa shape index (κ2) is 8.20. The zero-order chi connectivity index (χ0) is 19.4. The van der Waals surface area contributed by atoms with Crippen LogP contribution in [0.2, 0.25) is 0 Å². The molecular formula is C19H22N2O6. The van der Waals surface area contributed by atoms with Gasteiger partial charge in [-0.1, -0.05) is 25.0 Å². The zero-order valence-electron chi connectivity index (χ0n) is 15.1. The number of benzene rings is 1.